The summed E-state index contributed by atoms with van der Waals surface area (Å²) in [5.74, 6) is 1.94. The standard InChI is InChI=1S/C29H42N8O5/c1-28(2,30)35-27(42)34-21(17-11-15-6-4-5-7-16(15)12-17)26(41)37-13-18-20(29(18,3)31)22(37)24(39)33-19(10-14-8-9-14)23(38)25(40)36-32/h4-7,14,17-22H,8-13,30-32H2,1-3H3,(H,33,39)(H,36,40)(H2,34,35,42)/t18?,19?,20?,21-,22-,29?/m0/s1. The molecule has 3 fully saturated rings. The molecule has 4 unspecified atom stereocenters. The molecule has 1 heterocycles. The van der Waals surface area contributed by atoms with Crippen molar-refractivity contribution in [2.45, 2.75) is 82.2 Å². The van der Waals surface area contributed by atoms with Crippen molar-refractivity contribution in [2.75, 3.05) is 6.54 Å². The van der Waals surface area contributed by atoms with Crippen LogP contribution in [0.15, 0.2) is 24.3 Å². The highest BCUT2D eigenvalue weighted by molar-refractivity contribution is 6.38. The molecule has 1 saturated heterocycles. The van der Waals surface area contributed by atoms with Gasteiger partial charge in [-0.3, -0.25) is 24.6 Å². The van der Waals surface area contributed by atoms with Crippen molar-refractivity contribution < 1.29 is 24.0 Å². The van der Waals surface area contributed by atoms with Gasteiger partial charge in [-0.2, -0.15) is 0 Å². The zero-order valence-electron chi connectivity index (χ0n) is 24.3. The molecule has 1 aliphatic heterocycles. The Morgan fingerprint density at radius 3 is 2.24 bits per heavy atom. The molecule has 3 aliphatic carbocycles. The van der Waals surface area contributed by atoms with E-state index in [1.165, 1.54) is 4.90 Å². The monoisotopic (exact) mass is 582 g/mol. The van der Waals surface area contributed by atoms with Gasteiger partial charge in [0.15, 0.2) is 0 Å². The molecular formula is C29H42N8O5. The summed E-state index contributed by atoms with van der Waals surface area (Å²) >= 11 is 0. The van der Waals surface area contributed by atoms with Crippen molar-refractivity contribution >= 4 is 29.5 Å². The van der Waals surface area contributed by atoms with Crippen molar-refractivity contribution in [3.63, 3.8) is 0 Å². The lowest BCUT2D eigenvalue weighted by Crippen LogP contribution is -2.63. The van der Waals surface area contributed by atoms with Crippen LogP contribution in [0.2, 0.25) is 0 Å². The van der Waals surface area contributed by atoms with Gasteiger partial charge >= 0.3 is 11.9 Å². The second kappa shape index (κ2) is 10.9. The van der Waals surface area contributed by atoms with Gasteiger partial charge in [0.1, 0.15) is 12.1 Å². The zero-order chi connectivity index (χ0) is 30.6. The Kier molecular flexibility index (Phi) is 7.79. The number of nitrogens with zero attached hydrogens (tertiary/aromatic N) is 1. The third-order valence-electron chi connectivity index (χ3n) is 9.26. The van der Waals surface area contributed by atoms with Crippen LogP contribution in [0, 0.1) is 23.7 Å². The summed E-state index contributed by atoms with van der Waals surface area (Å²) < 4.78 is 0. The molecule has 0 aromatic heterocycles. The lowest BCUT2D eigenvalue weighted by atomic mass is 9.94. The first-order valence-corrected chi connectivity index (χ1v) is 14.6. The molecule has 5 rings (SSSR count). The topological polar surface area (TPSA) is 215 Å². The number of hydrogen-bond donors (Lipinski definition) is 7. The summed E-state index contributed by atoms with van der Waals surface area (Å²) in [7, 11) is 0. The second-order valence-corrected chi connectivity index (χ2v) is 13.2. The number of hydrazine groups is 1. The van der Waals surface area contributed by atoms with Crippen LogP contribution >= 0.6 is 0 Å². The third-order valence-corrected chi connectivity index (χ3v) is 9.26. The fourth-order valence-corrected chi connectivity index (χ4v) is 6.85. The number of rotatable bonds is 10. The van der Waals surface area contributed by atoms with Gasteiger partial charge in [-0.15, -0.1) is 0 Å². The molecule has 6 atom stereocenters. The highest BCUT2D eigenvalue weighted by Gasteiger charge is 2.70. The van der Waals surface area contributed by atoms with E-state index in [1.807, 2.05) is 36.6 Å². The van der Waals surface area contributed by atoms with E-state index < -0.39 is 58.9 Å². The van der Waals surface area contributed by atoms with Crippen LogP contribution in [0.4, 0.5) is 4.79 Å². The first-order valence-electron chi connectivity index (χ1n) is 14.6. The number of benzene rings is 1. The van der Waals surface area contributed by atoms with Crippen molar-refractivity contribution in [3.8, 4) is 0 Å². The number of likely N-dealkylation sites (tertiary alicyclic amines) is 1. The summed E-state index contributed by atoms with van der Waals surface area (Å²) in [6.45, 7) is 5.35. The van der Waals surface area contributed by atoms with Crippen LogP contribution < -0.4 is 38.7 Å². The van der Waals surface area contributed by atoms with Gasteiger partial charge in [0, 0.05) is 23.9 Å². The van der Waals surface area contributed by atoms with Gasteiger partial charge in [-0.1, -0.05) is 37.1 Å². The molecule has 5 amide bonds. The Bertz CT molecular complexity index is 1260. The average molecular weight is 583 g/mol. The highest BCUT2D eigenvalue weighted by Crippen LogP contribution is 2.57. The molecule has 0 bridgehead atoms. The number of Topliss-reactive ketones (excluding diaryl/α,β-unsaturated/α-hetero) is 1. The highest BCUT2D eigenvalue weighted by atomic mass is 16.2. The molecular weight excluding hydrogens is 540 g/mol. The Morgan fingerprint density at radius 1 is 1.07 bits per heavy atom. The number of amides is 5. The Hall–Kier alpha value is -3.55. The minimum Gasteiger partial charge on any atom is -0.344 e. The molecule has 42 heavy (non-hydrogen) atoms. The van der Waals surface area contributed by atoms with Crippen LogP contribution in [0.3, 0.4) is 0 Å². The normalized spacial score (nSPS) is 27.8. The number of fused-ring (bicyclic) bond motifs is 2. The molecule has 0 spiro atoms. The first-order chi connectivity index (χ1) is 19.7. The number of ketones is 1. The van der Waals surface area contributed by atoms with E-state index in [2.05, 4.69) is 16.0 Å². The van der Waals surface area contributed by atoms with Crippen molar-refractivity contribution in [1.29, 1.82) is 0 Å². The van der Waals surface area contributed by atoms with Crippen LogP contribution in [0.5, 0.6) is 0 Å². The summed E-state index contributed by atoms with van der Waals surface area (Å²) in [5.41, 5.74) is 14.9. The molecule has 1 aromatic carbocycles. The van der Waals surface area contributed by atoms with Gasteiger partial charge < -0.3 is 32.3 Å². The molecule has 228 valence electrons. The fourth-order valence-electron chi connectivity index (χ4n) is 6.85. The van der Waals surface area contributed by atoms with Crippen LogP contribution in [-0.2, 0) is 32.0 Å². The molecule has 2 saturated carbocycles. The van der Waals surface area contributed by atoms with Gasteiger partial charge in [0.05, 0.1) is 11.7 Å². The molecule has 13 nitrogen and oxygen atoms in total. The quantitative estimate of drug-likeness (QED) is 0.0582. The third kappa shape index (κ3) is 5.99. The van der Waals surface area contributed by atoms with Gasteiger partial charge in [0.25, 0.3) is 0 Å². The number of carbonyl (C=O) groups is 5. The van der Waals surface area contributed by atoms with Crippen molar-refractivity contribution in [1.82, 2.24) is 26.3 Å². The van der Waals surface area contributed by atoms with Gasteiger partial charge in [0.2, 0.25) is 17.6 Å². The number of urea groups is 1. The Balaban J connectivity index is 1.39. The van der Waals surface area contributed by atoms with E-state index in [-0.39, 0.29) is 30.2 Å². The zero-order valence-corrected chi connectivity index (χ0v) is 24.3. The lowest BCUT2D eigenvalue weighted by molar-refractivity contribution is -0.144. The van der Waals surface area contributed by atoms with E-state index >= 15 is 0 Å². The van der Waals surface area contributed by atoms with Gasteiger partial charge in [-0.25, -0.2) is 10.6 Å². The molecule has 4 aliphatic rings. The van der Waals surface area contributed by atoms with Gasteiger partial charge in [-0.05, 0) is 63.0 Å². The van der Waals surface area contributed by atoms with E-state index in [0.717, 1.165) is 24.0 Å². The summed E-state index contributed by atoms with van der Waals surface area (Å²) in [5, 5.41) is 8.25. The summed E-state index contributed by atoms with van der Waals surface area (Å²) in [6, 6.07) is 4.34. The predicted molar refractivity (Wildman–Crippen MR) is 153 cm³/mol. The minimum absolute atomic E-state index is 0.125. The van der Waals surface area contributed by atoms with Crippen molar-refractivity contribution in [2.24, 2.45) is 41.0 Å². The predicted octanol–water partition coefficient (Wildman–Crippen LogP) is -1.22. The van der Waals surface area contributed by atoms with Crippen molar-refractivity contribution in [3.05, 3.63) is 35.4 Å². The maximum atomic E-state index is 14.3. The number of carbonyl (C=O) groups excluding carboxylic acids is 5. The largest absolute Gasteiger partial charge is 0.344 e. The number of nitrogens with two attached hydrogens (primary N) is 3. The van der Waals surface area contributed by atoms with E-state index in [9.17, 15) is 24.0 Å². The summed E-state index contributed by atoms with van der Waals surface area (Å²) in [6.07, 6.45) is 3.28. The second-order valence-electron chi connectivity index (χ2n) is 13.2. The fraction of sp³-hybridized carbons (Fsp3) is 0.621. The van der Waals surface area contributed by atoms with Crippen LogP contribution in [0.1, 0.15) is 51.2 Å². The first kappa shape index (κ1) is 29.9. The Labute approximate surface area is 245 Å². The maximum absolute atomic E-state index is 14.3. The number of piperidine rings is 1. The van der Waals surface area contributed by atoms with Crippen LogP contribution in [-0.4, -0.2) is 70.3 Å². The summed E-state index contributed by atoms with van der Waals surface area (Å²) in [4.78, 5) is 67.5. The van der Waals surface area contributed by atoms with E-state index in [1.54, 1.807) is 13.8 Å². The Morgan fingerprint density at radius 2 is 1.69 bits per heavy atom. The molecule has 10 N–H and O–H groups in total. The molecule has 13 heteroatoms. The SMILES string of the molecule is CC(C)(N)NC(=O)N[C@H](C(=O)N1CC2C([C@H]1C(=O)NC(CC1CC1)C(=O)C(=O)NN)C2(C)N)C1Cc2ccccc2C1. The number of nitrogens with one attached hydrogen (secondary N) is 4. The smallest absolute Gasteiger partial charge is 0.316 e. The minimum atomic E-state index is -1.07. The van der Waals surface area contributed by atoms with E-state index in [0.29, 0.717) is 19.3 Å². The average Bonchev–Trinajstić information content (AvgIpc) is 3.67. The lowest BCUT2D eigenvalue weighted by Gasteiger charge is -2.35. The molecule has 0 radical (unpaired) electrons. The van der Waals surface area contributed by atoms with E-state index in [4.69, 9.17) is 17.3 Å². The van der Waals surface area contributed by atoms with Crippen LogP contribution in [0.25, 0.3) is 0 Å². The maximum Gasteiger partial charge on any atom is 0.316 e. The number of hydrogen-bond acceptors (Lipinski definition) is 8. The molecule has 1 aromatic rings.